The van der Waals surface area contributed by atoms with E-state index in [1.807, 2.05) is 13.0 Å². The Morgan fingerprint density at radius 1 is 1.26 bits per heavy atom. The summed E-state index contributed by atoms with van der Waals surface area (Å²) < 4.78 is 24.5. The van der Waals surface area contributed by atoms with Crippen LogP contribution in [0.5, 0.6) is 0 Å². The van der Waals surface area contributed by atoms with Crippen molar-refractivity contribution in [3.8, 4) is 11.3 Å². The van der Waals surface area contributed by atoms with Gasteiger partial charge in [-0.3, -0.25) is 0 Å². The highest BCUT2D eigenvalue weighted by atomic mass is 32.2. The second-order valence-corrected chi connectivity index (χ2v) is 6.35. The number of sulfone groups is 1. The van der Waals surface area contributed by atoms with Crippen LogP contribution in [0.15, 0.2) is 35.2 Å². The highest BCUT2D eigenvalue weighted by Crippen LogP contribution is 2.36. The van der Waals surface area contributed by atoms with Crippen LogP contribution in [0.25, 0.3) is 11.3 Å². The third kappa shape index (κ3) is 1.98. The monoisotopic (exact) mass is 275 g/mol. The minimum absolute atomic E-state index is 0.0206. The molecule has 1 aromatic carbocycles. The van der Waals surface area contributed by atoms with Gasteiger partial charge in [-0.15, -0.1) is 10.2 Å². The molecule has 0 spiro atoms. The molecule has 2 aromatic rings. The first-order chi connectivity index (χ1) is 9.12. The molecule has 0 saturated carbocycles. The van der Waals surface area contributed by atoms with Gasteiger partial charge in [-0.05, 0) is 24.6 Å². The average Bonchev–Trinajstić information content (AvgIpc) is 2.38. The molecule has 98 valence electrons. The van der Waals surface area contributed by atoms with E-state index >= 15 is 0 Å². The Bertz CT molecular complexity index is 741. The Kier molecular flexibility index (Phi) is 2.74. The molecule has 1 aromatic heterocycles. The lowest BCUT2D eigenvalue weighted by molar-refractivity contribution is 0.594. The van der Waals surface area contributed by atoms with Crippen LogP contribution in [0.2, 0.25) is 0 Å². The number of nitrogens with zero attached hydrogens (tertiary/aromatic N) is 2. The summed E-state index contributed by atoms with van der Waals surface area (Å²) in [5.74, 6) is 0.587. The van der Waals surface area contributed by atoms with Crippen LogP contribution in [0.3, 0.4) is 0 Å². The van der Waals surface area contributed by atoms with Gasteiger partial charge in [-0.1, -0.05) is 18.2 Å². The minimum atomic E-state index is -3.28. The largest absolute Gasteiger partial charge is 0.369 e. The van der Waals surface area contributed by atoms with Crippen molar-refractivity contribution < 1.29 is 8.42 Å². The molecule has 5 nitrogen and oxygen atoms in total. The van der Waals surface area contributed by atoms with Crippen LogP contribution in [0.1, 0.15) is 12.5 Å². The van der Waals surface area contributed by atoms with E-state index in [4.69, 9.17) is 0 Å². The summed E-state index contributed by atoms with van der Waals surface area (Å²) in [5, 5.41) is 11.3. The molecule has 0 unspecified atom stereocenters. The Labute approximate surface area is 111 Å². The third-order valence-corrected chi connectivity index (χ3v) is 4.77. The quantitative estimate of drug-likeness (QED) is 0.905. The Morgan fingerprint density at radius 3 is 2.84 bits per heavy atom. The second-order valence-electron chi connectivity index (χ2n) is 4.39. The normalized spacial score (nSPS) is 15.4. The Morgan fingerprint density at radius 2 is 2.05 bits per heavy atom. The molecule has 0 fully saturated rings. The molecule has 3 rings (SSSR count). The van der Waals surface area contributed by atoms with E-state index in [0.29, 0.717) is 27.5 Å². The van der Waals surface area contributed by atoms with Gasteiger partial charge >= 0.3 is 0 Å². The van der Waals surface area contributed by atoms with E-state index in [1.54, 1.807) is 24.3 Å². The molecule has 0 saturated heterocycles. The molecule has 0 atom stereocenters. The summed E-state index contributed by atoms with van der Waals surface area (Å²) in [6.07, 6.45) is 0. The van der Waals surface area contributed by atoms with Gasteiger partial charge in [0.05, 0.1) is 16.3 Å². The van der Waals surface area contributed by atoms with E-state index < -0.39 is 9.84 Å². The summed E-state index contributed by atoms with van der Waals surface area (Å²) in [6.45, 7) is 2.67. The van der Waals surface area contributed by atoms with Crippen LogP contribution in [-0.4, -0.2) is 25.2 Å². The maximum absolute atomic E-state index is 12.2. The minimum Gasteiger partial charge on any atom is -0.369 e. The molecule has 0 bridgehead atoms. The zero-order chi connectivity index (χ0) is 13.5. The number of aromatic nitrogens is 2. The van der Waals surface area contributed by atoms with Crippen LogP contribution in [0, 0.1) is 0 Å². The van der Waals surface area contributed by atoms with Crippen molar-refractivity contribution in [2.45, 2.75) is 17.6 Å². The van der Waals surface area contributed by atoms with Crippen molar-refractivity contribution >= 4 is 15.7 Å². The fourth-order valence-corrected chi connectivity index (χ4v) is 3.82. The lowest BCUT2D eigenvalue weighted by atomic mass is 10.1. The maximum atomic E-state index is 12.2. The SMILES string of the molecule is CCNc1cc2c(nn1)-c1ccccc1S(=O)(=O)C2. The smallest absolute Gasteiger partial charge is 0.183 e. The van der Waals surface area contributed by atoms with Crippen molar-refractivity contribution in [3.63, 3.8) is 0 Å². The number of fused-ring (bicyclic) bond motifs is 3. The van der Waals surface area contributed by atoms with Crippen molar-refractivity contribution in [1.82, 2.24) is 10.2 Å². The molecule has 0 amide bonds. The standard InChI is InChI=1S/C13H13N3O2S/c1-2-14-12-7-9-8-19(17,18)11-6-4-3-5-10(11)13(9)16-15-12/h3-7H,2,8H2,1H3,(H,14,15). The highest BCUT2D eigenvalue weighted by Gasteiger charge is 2.29. The van der Waals surface area contributed by atoms with E-state index in [-0.39, 0.29) is 5.75 Å². The molecule has 19 heavy (non-hydrogen) atoms. The number of nitrogens with one attached hydrogen (secondary N) is 1. The zero-order valence-corrected chi connectivity index (χ0v) is 11.2. The summed E-state index contributed by atoms with van der Waals surface area (Å²) in [7, 11) is -3.28. The Balaban J connectivity index is 2.23. The number of hydrogen-bond donors (Lipinski definition) is 1. The van der Waals surface area contributed by atoms with Crippen molar-refractivity contribution in [2.75, 3.05) is 11.9 Å². The fourth-order valence-electron chi connectivity index (χ4n) is 2.25. The predicted molar refractivity (Wildman–Crippen MR) is 72.5 cm³/mol. The van der Waals surface area contributed by atoms with Gasteiger partial charge in [0.15, 0.2) is 9.84 Å². The van der Waals surface area contributed by atoms with Gasteiger partial charge in [0, 0.05) is 12.1 Å². The highest BCUT2D eigenvalue weighted by molar-refractivity contribution is 7.90. The fraction of sp³-hybridized carbons (Fsp3) is 0.231. The topological polar surface area (TPSA) is 72.0 Å². The molecule has 0 aliphatic carbocycles. The van der Waals surface area contributed by atoms with Gasteiger partial charge < -0.3 is 5.32 Å². The molecule has 1 N–H and O–H groups in total. The lowest BCUT2D eigenvalue weighted by Gasteiger charge is -2.18. The van der Waals surface area contributed by atoms with Crippen LogP contribution in [0.4, 0.5) is 5.82 Å². The molecule has 1 aliphatic heterocycles. The van der Waals surface area contributed by atoms with Crippen LogP contribution in [-0.2, 0) is 15.6 Å². The molecular weight excluding hydrogens is 262 g/mol. The summed E-state index contributed by atoms with van der Waals surface area (Å²) in [6, 6.07) is 8.68. The molecule has 1 aliphatic rings. The molecule has 2 heterocycles. The van der Waals surface area contributed by atoms with Gasteiger partial charge in [-0.25, -0.2) is 8.42 Å². The van der Waals surface area contributed by atoms with E-state index in [2.05, 4.69) is 15.5 Å². The van der Waals surface area contributed by atoms with E-state index in [1.165, 1.54) is 0 Å². The average molecular weight is 275 g/mol. The third-order valence-electron chi connectivity index (χ3n) is 3.05. The van der Waals surface area contributed by atoms with Crippen LogP contribution >= 0.6 is 0 Å². The molecule has 6 heteroatoms. The Hall–Kier alpha value is -1.95. The first kappa shape index (κ1) is 12.1. The van der Waals surface area contributed by atoms with E-state index in [0.717, 1.165) is 6.54 Å². The summed E-state index contributed by atoms with van der Waals surface area (Å²) >= 11 is 0. The summed E-state index contributed by atoms with van der Waals surface area (Å²) in [4.78, 5) is 0.341. The van der Waals surface area contributed by atoms with E-state index in [9.17, 15) is 8.42 Å². The molecular formula is C13H13N3O2S. The first-order valence-corrected chi connectivity index (χ1v) is 7.69. The zero-order valence-electron chi connectivity index (χ0n) is 10.4. The predicted octanol–water partition coefficient (Wildman–Crippen LogP) is 1.86. The van der Waals surface area contributed by atoms with Gasteiger partial charge in [-0.2, -0.15) is 0 Å². The van der Waals surface area contributed by atoms with Crippen molar-refractivity contribution in [1.29, 1.82) is 0 Å². The van der Waals surface area contributed by atoms with Crippen molar-refractivity contribution in [3.05, 3.63) is 35.9 Å². The lowest BCUT2D eigenvalue weighted by Crippen LogP contribution is -2.15. The van der Waals surface area contributed by atoms with Gasteiger partial charge in [0.2, 0.25) is 0 Å². The summed E-state index contributed by atoms with van der Waals surface area (Å²) in [5.41, 5.74) is 2.00. The van der Waals surface area contributed by atoms with Crippen molar-refractivity contribution in [2.24, 2.45) is 0 Å². The second kappa shape index (κ2) is 4.31. The number of hydrogen-bond acceptors (Lipinski definition) is 5. The van der Waals surface area contributed by atoms with Gasteiger partial charge in [0.25, 0.3) is 0 Å². The maximum Gasteiger partial charge on any atom is 0.183 e. The van der Waals surface area contributed by atoms with Crippen LogP contribution < -0.4 is 5.32 Å². The number of rotatable bonds is 2. The number of benzene rings is 1. The molecule has 0 radical (unpaired) electrons. The van der Waals surface area contributed by atoms with Gasteiger partial charge in [0.1, 0.15) is 5.82 Å². The first-order valence-electron chi connectivity index (χ1n) is 6.04. The number of anilines is 1.